The smallest absolute Gasteiger partial charge is 0.338 e. The van der Waals surface area contributed by atoms with E-state index in [0.717, 1.165) is 22.7 Å². The summed E-state index contributed by atoms with van der Waals surface area (Å²) in [6.45, 7) is 2.35. The SMILES string of the molecule is CCCOC(=O)c1ccc(CN2C(=O)C(Nc3cccc(Br)c3)=C(Sc3ccccn3)C2=O)cc1. The van der Waals surface area contributed by atoms with Crippen LogP contribution in [0.4, 0.5) is 5.69 Å². The number of nitrogens with one attached hydrogen (secondary N) is 1. The maximum atomic E-state index is 13.4. The summed E-state index contributed by atoms with van der Waals surface area (Å²) in [4.78, 5) is 44.5. The molecule has 9 heteroatoms. The molecule has 1 N–H and O–H groups in total. The molecule has 0 bridgehead atoms. The zero-order chi connectivity index (χ0) is 24.8. The van der Waals surface area contributed by atoms with Crippen LogP contribution in [0.3, 0.4) is 0 Å². The van der Waals surface area contributed by atoms with Crippen molar-refractivity contribution in [3.63, 3.8) is 0 Å². The molecule has 3 aromatic rings. The number of aromatic nitrogens is 1. The van der Waals surface area contributed by atoms with Crippen LogP contribution in [0.2, 0.25) is 0 Å². The van der Waals surface area contributed by atoms with Crippen molar-refractivity contribution in [1.82, 2.24) is 9.88 Å². The first kappa shape index (κ1) is 24.7. The molecule has 2 amide bonds. The van der Waals surface area contributed by atoms with Crippen LogP contribution in [-0.4, -0.2) is 34.3 Å². The molecule has 0 fully saturated rings. The molecule has 0 saturated carbocycles. The summed E-state index contributed by atoms with van der Waals surface area (Å²) in [5.74, 6) is -1.24. The number of halogens is 1. The molecule has 1 aliphatic rings. The number of carbonyl (C=O) groups excluding carboxylic acids is 3. The second-order valence-electron chi connectivity index (χ2n) is 7.64. The van der Waals surface area contributed by atoms with E-state index in [2.05, 4.69) is 26.2 Å². The molecule has 35 heavy (non-hydrogen) atoms. The molecule has 4 rings (SSSR count). The Morgan fingerprint density at radius 3 is 2.54 bits per heavy atom. The molecular formula is C26H22BrN3O4S. The fraction of sp³-hybridized carbons (Fsp3) is 0.154. The fourth-order valence-electron chi connectivity index (χ4n) is 3.33. The van der Waals surface area contributed by atoms with Gasteiger partial charge in [0.2, 0.25) is 0 Å². The summed E-state index contributed by atoms with van der Waals surface area (Å²) in [5.41, 5.74) is 2.00. The molecule has 0 radical (unpaired) electrons. The average Bonchev–Trinajstić information content (AvgIpc) is 3.07. The zero-order valence-corrected chi connectivity index (χ0v) is 21.3. The van der Waals surface area contributed by atoms with Crippen LogP contribution >= 0.6 is 27.7 Å². The van der Waals surface area contributed by atoms with Crippen molar-refractivity contribution in [2.75, 3.05) is 11.9 Å². The predicted molar refractivity (Wildman–Crippen MR) is 137 cm³/mol. The van der Waals surface area contributed by atoms with E-state index in [0.29, 0.717) is 28.4 Å². The normalized spacial score (nSPS) is 13.4. The van der Waals surface area contributed by atoms with Crippen LogP contribution in [0.25, 0.3) is 0 Å². The number of amides is 2. The van der Waals surface area contributed by atoms with Crippen LogP contribution in [0.1, 0.15) is 29.3 Å². The monoisotopic (exact) mass is 551 g/mol. The molecule has 1 aromatic heterocycles. The van der Waals surface area contributed by atoms with Crippen molar-refractivity contribution >= 4 is 51.2 Å². The number of hydrogen-bond acceptors (Lipinski definition) is 7. The van der Waals surface area contributed by atoms with Gasteiger partial charge >= 0.3 is 5.97 Å². The number of benzene rings is 2. The molecule has 0 unspecified atom stereocenters. The Hall–Kier alpha value is -3.43. The summed E-state index contributed by atoms with van der Waals surface area (Å²) >= 11 is 4.57. The zero-order valence-electron chi connectivity index (χ0n) is 18.9. The molecule has 0 aliphatic carbocycles. The second kappa shape index (κ2) is 11.3. The number of thioether (sulfide) groups is 1. The number of carbonyl (C=O) groups is 3. The number of anilines is 1. The summed E-state index contributed by atoms with van der Waals surface area (Å²) in [6, 6.07) is 19.5. The van der Waals surface area contributed by atoms with E-state index in [1.54, 1.807) is 42.6 Å². The second-order valence-corrected chi connectivity index (χ2v) is 9.59. The first-order chi connectivity index (χ1) is 17.0. The van der Waals surface area contributed by atoms with Gasteiger partial charge in [0.1, 0.15) is 15.6 Å². The maximum Gasteiger partial charge on any atom is 0.338 e. The summed E-state index contributed by atoms with van der Waals surface area (Å²) < 4.78 is 5.99. The highest BCUT2D eigenvalue weighted by atomic mass is 79.9. The third-order valence-electron chi connectivity index (χ3n) is 5.03. The minimum atomic E-state index is -0.431. The van der Waals surface area contributed by atoms with Crippen molar-refractivity contribution in [2.45, 2.75) is 24.9 Å². The Kier molecular flexibility index (Phi) is 7.99. The highest BCUT2D eigenvalue weighted by Gasteiger charge is 2.39. The lowest BCUT2D eigenvalue weighted by molar-refractivity contribution is -0.137. The molecule has 0 saturated heterocycles. The topological polar surface area (TPSA) is 88.6 Å². The lowest BCUT2D eigenvalue weighted by Gasteiger charge is -2.15. The summed E-state index contributed by atoms with van der Waals surface area (Å²) in [7, 11) is 0. The standard InChI is InChI=1S/C26H22BrN3O4S/c1-2-14-34-26(33)18-11-9-17(10-12-18)16-30-24(31)22(29-20-7-5-6-19(27)15-20)23(25(30)32)35-21-8-3-4-13-28-21/h3-13,15,29H,2,14,16H2,1H3. The van der Waals surface area contributed by atoms with Gasteiger partial charge in [-0.25, -0.2) is 9.78 Å². The Labute approximate surface area is 215 Å². The van der Waals surface area contributed by atoms with Gasteiger partial charge in [0.05, 0.1) is 18.7 Å². The third-order valence-corrected chi connectivity index (χ3v) is 6.56. The molecule has 178 valence electrons. The van der Waals surface area contributed by atoms with Crippen molar-refractivity contribution in [3.05, 3.63) is 99.1 Å². The average molecular weight is 552 g/mol. The number of pyridine rings is 1. The Morgan fingerprint density at radius 2 is 1.86 bits per heavy atom. The van der Waals surface area contributed by atoms with Gasteiger partial charge in [-0.15, -0.1) is 0 Å². The molecule has 2 heterocycles. The van der Waals surface area contributed by atoms with Crippen LogP contribution in [0.5, 0.6) is 0 Å². The Morgan fingerprint density at radius 1 is 1.06 bits per heavy atom. The van der Waals surface area contributed by atoms with Crippen molar-refractivity contribution in [2.24, 2.45) is 0 Å². The fourth-order valence-corrected chi connectivity index (χ4v) is 4.64. The van der Waals surface area contributed by atoms with Gasteiger partial charge < -0.3 is 10.1 Å². The van der Waals surface area contributed by atoms with E-state index in [-0.39, 0.29) is 17.1 Å². The van der Waals surface area contributed by atoms with Gasteiger partial charge in [-0.2, -0.15) is 0 Å². The minimum absolute atomic E-state index is 0.0674. The van der Waals surface area contributed by atoms with Gasteiger partial charge in [0.25, 0.3) is 11.8 Å². The molecule has 7 nitrogen and oxygen atoms in total. The molecule has 0 atom stereocenters. The van der Waals surface area contributed by atoms with Crippen LogP contribution < -0.4 is 5.32 Å². The summed E-state index contributed by atoms with van der Waals surface area (Å²) in [6.07, 6.45) is 2.38. The van der Waals surface area contributed by atoms with Crippen molar-refractivity contribution in [3.8, 4) is 0 Å². The number of nitrogens with zero attached hydrogens (tertiary/aromatic N) is 2. The quantitative estimate of drug-likeness (QED) is 0.281. The van der Waals surface area contributed by atoms with Crippen LogP contribution in [0, 0.1) is 0 Å². The van der Waals surface area contributed by atoms with E-state index in [1.807, 2.05) is 37.3 Å². The van der Waals surface area contributed by atoms with Crippen LogP contribution in [-0.2, 0) is 20.9 Å². The van der Waals surface area contributed by atoms with E-state index >= 15 is 0 Å². The predicted octanol–water partition coefficient (Wildman–Crippen LogP) is 5.40. The molecular weight excluding hydrogens is 530 g/mol. The van der Waals surface area contributed by atoms with Crippen LogP contribution in [0.15, 0.2) is 93.0 Å². The van der Waals surface area contributed by atoms with Gasteiger partial charge in [0.15, 0.2) is 0 Å². The largest absolute Gasteiger partial charge is 0.462 e. The molecule has 2 aromatic carbocycles. The number of ether oxygens (including phenoxy) is 1. The highest BCUT2D eigenvalue weighted by Crippen LogP contribution is 2.35. The van der Waals surface area contributed by atoms with Gasteiger partial charge in [-0.3, -0.25) is 14.5 Å². The number of imide groups is 1. The Bertz CT molecular complexity index is 1280. The lowest BCUT2D eigenvalue weighted by atomic mass is 10.1. The molecule has 1 aliphatic heterocycles. The maximum absolute atomic E-state index is 13.4. The first-order valence-electron chi connectivity index (χ1n) is 10.9. The molecule has 0 spiro atoms. The van der Waals surface area contributed by atoms with Crippen molar-refractivity contribution < 1.29 is 19.1 Å². The number of hydrogen-bond donors (Lipinski definition) is 1. The number of esters is 1. The van der Waals surface area contributed by atoms with E-state index < -0.39 is 17.8 Å². The van der Waals surface area contributed by atoms with E-state index in [1.165, 1.54) is 4.90 Å². The van der Waals surface area contributed by atoms with Gasteiger partial charge in [-0.1, -0.05) is 58.9 Å². The highest BCUT2D eigenvalue weighted by molar-refractivity contribution is 9.10. The Balaban J connectivity index is 1.57. The van der Waals surface area contributed by atoms with Crippen molar-refractivity contribution in [1.29, 1.82) is 0 Å². The summed E-state index contributed by atoms with van der Waals surface area (Å²) in [5, 5.41) is 3.72. The van der Waals surface area contributed by atoms with Gasteiger partial charge in [0, 0.05) is 16.4 Å². The van der Waals surface area contributed by atoms with E-state index in [9.17, 15) is 14.4 Å². The first-order valence-corrected chi connectivity index (χ1v) is 12.5. The lowest BCUT2D eigenvalue weighted by Crippen LogP contribution is -2.32. The van der Waals surface area contributed by atoms with Gasteiger partial charge in [-0.05, 0) is 54.4 Å². The number of rotatable bonds is 9. The van der Waals surface area contributed by atoms with E-state index in [4.69, 9.17) is 4.74 Å². The third kappa shape index (κ3) is 5.98. The minimum Gasteiger partial charge on any atom is -0.462 e.